The Labute approximate surface area is 199 Å². The van der Waals surface area contributed by atoms with E-state index in [1.807, 2.05) is 37.4 Å². The van der Waals surface area contributed by atoms with E-state index in [-0.39, 0.29) is 12.1 Å². The molecule has 3 aromatic rings. The van der Waals surface area contributed by atoms with Crippen molar-refractivity contribution in [1.29, 1.82) is 0 Å². The summed E-state index contributed by atoms with van der Waals surface area (Å²) in [5.41, 5.74) is 2.20. The minimum absolute atomic E-state index is 0.0620. The zero-order chi connectivity index (χ0) is 23.2. The normalized spacial score (nSPS) is 17.0. The van der Waals surface area contributed by atoms with Crippen LogP contribution >= 0.6 is 11.3 Å². The highest BCUT2D eigenvalue weighted by molar-refractivity contribution is 7.10. The molecular formula is C25H33N5O2S. The monoisotopic (exact) mass is 467 g/mol. The number of fused-ring (bicyclic) bond motifs is 1. The van der Waals surface area contributed by atoms with Crippen molar-refractivity contribution in [2.75, 3.05) is 39.3 Å². The number of para-hydroxylation sites is 1. The molecule has 3 heterocycles. The molecule has 2 aromatic heterocycles. The SMILES string of the molecule is CCN1CCN([C@@H](c2cccs2)[C@H](C)NC(=O)C(=O)NCCc2c[nH]c3ccccc23)CC1. The molecule has 1 aliphatic heterocycles. The maximum absolute atomic E-state index is 12.7. The number of thiophene rings is 1. The van der Waals surface area contributed by atoms with Crippen molar-refractivity contribution < 1.29 is 9.59 Å². The van der Waals surface area contributed by atoms with Crippen LogP contribution in [0.5, 0.6) is 0 Å². The van der Waals surface area contributed by atoms with Gasteiger partial charge >= 0.3 is 11.8 Å². The molecule has 2 amide bonds. The van der Waals surface area contributed by atoms with E-state index < -0.39 is 11.8 Å². The number of likely N-dealkylation sites (N-methyl/N-ethyl adjacent to an activating group) is 1. The van der Waals surface area contributed by atoms with Crippen molar-refractivity contribution in [2.24, 2.45) is 0 Å². The molecule has 0 saturated carbocycles. The highest BCUT2D eigenvalue weighted by atomic mass is 32.1. The Morgan fingerprint density at radius 1 is 1.09 bits per heavy atom. The van der Waals surface area contributed by atoms with Crippen LogP contribution in [-0.4, -0.2) is 71.9 Å². The molecule has 0 aliphatic carbocycles. The van der Waals surface area contributed by atoms with Crippen LogP contribution in [0.2, 0.25) is 0 Å². The number of carbonyl (C=O) groups is 2. The van der Waals surface area contributed by atoms with Crippen LogP contribution in [0.4, 0.5) is 0 Å². The minimum atomic E-state index is -0.581. The van der Waals surface area contributed by atoms with Gasteiger partial charge in [-0.3, -0.25) is 14.5 Å². The van der Waals surface area contributed by atoms with Gasteiger partial charge in [-0.05, 0) is 43.0 Å². The maximum atomic E-state index is 12.7. The van der Waals surface area contributed by atoms with Gasteiger partial charge < -0.3 is 20.5 Å². The second kappa shape index (κ2) is 11.0. The summed E-state index contributed by atoms with van der Waals surface area (Å²) in [6.45, 7) is 9.60. The third kappa shape index (κ3) is 5.63. The molecular weight excluding hydrogens is 434 g/mol. The van der Waals surface area contributed by atoms with Crippen LogP contribution in [0.15, 0.2) is 48.0 Å². The average Bonchev–Trinajstić information content (AvgIpc) is 3.50. The number of piperazine rings is 1. The Morgan fingerprint density at radius 2 is 1.88 bits per heavy atom. The molecule has 2 atom stereocenters. The van der Waals surface area contributed by atoms with Gasteiger partial charge in [-0.15, -0.1) is 11.3 Å². The number of H-pyrrole nitrogens is 1. The highest BCUT2D eigenvalue weighted by Gasteiger charge is 2.31. The van der Waals surface area contributed by atoms with Crippen LogP contribution in [0.3, 0.4) is 0 Å². The van der Waals surface area contributed by atoms with E-state index in [0.29, 0.717) is 13.0 Å². The molecule has 3 N–H and O–H groups in total. The fourth-order valence-corrected chi connectivity index (χ4v) is 5.60. The van der Waals surface area contributed by atoms with E-state index in [2.05, 4.69) is 49.9 Å². The fourth-order valence-electron chi connectivity index (χ4n) is 4.64. The van der Waals surface area contributed by atoms with Crippen LogP contribution in [0.1, 0.15) is 30.3 Å². The minimum Gasteiger partial charge on any atom is -0.361 e. The Bertz CT molecular complexity index is 1060. The van der Waals surface area contributed by atoms with Gasteiger partial charge in [0.25, 0.3) is 0 Å². The zero-order valence-electron chi connectivity index (χ0n) is 19.3. The largest absolute Gasteiger partial charge is 0.361 e. The Morgan fingerprint density at radius 3 is 2.61 bits per heavy atom. The summed E-state index contributed by atoms with van der Waals surface area (Å²) in [6, 6.07) is 12.1. The van der Waals surface area contributed by atoms with E-state index in [1.165, 1.54) is 4.88 Å². The summed E-state index contributed by atoms with van der Waals surface area (Å²) >= 11 is 1.70. The second-order valence-electron chi connectivity index (χ2n) is 8.56. The molecule has 0 bridgehead atoms. The van der Waals surface area contributed by atoms with Gasteiger partial charge in [-0.1, -0.05) is 31.2 Å². The lowest BCUT2D eigenvalue weighted by Crippen LogP contribution is -2.53. The average molecular weight is 468 g/mol. The first kappa shape index (κ1) is 23.5. The van der Waals surface area contributed by atoms with Crippen molar-refractivity contribution in [1.82, 2.24) is 25.4 Å². The molecule has 4 rings (SSSR count). The third-order valence-corrected chi connectivity index (χ3v) is 7.42. The van der Waals surface area contributed by atoms with E-state index in [0.717, 1.165) is 49.2 Å². The standard InChI is InChI=1S/C25H33N5O2S/c1-3-29-12-14-30(15-13-29)23(22-9-6-16-33-22)18(2)28-25(32)24(31)26-11-10-19-17-27-21-8-5-4-7-20(19)21/h4-9,16-18,23,27H,3,10-15H2,1-2H3,(H,26,31)(H,28,32)/t18-,23+/m0/s1. The van der Waals surface area contributed by atoms with Gasteiger partial charge in [0.1, 0.15) is 0 Å². The van der Waals surface area contributed by atoms with Crippen molar-refractivity contribution in [3.63, 3.8) is 0 Å². The topological polar surface area (TPSA) is 80.5 Å². The van der Waals surface area contributed by atoms with E-state index in [9.17, 15) is 9.59 Å². The summed E-state index contributed by atoms with van der Waals surface area (Å²) in [5, 5.41) is 8.94. The van der Waals surface area contributed by atoms with Crippen LogP contribution in [0.25, 0.3) is 10.9 Å². The number of nitrogens with one attached hydrogen (secondary N) is 3. The van der Waals surface area contributed by atoms with Crippen LogP contribution in [0, 0.1) is 0 Å². The summed E-state index contributed by atoms with van der Waals surface area (Å²) in [6.07, 6.45) is 2.63. The molecule has 176 valence electrons. The van der Waals surface area contributed by atoms with E-state index >= 15 is 0 Å². The number of aromatic amines is 1. The summed E-state index contributed by atoms with van der Waals surface area (Å²) in [4.78, 5) is 34.5. The van der Waals surface area contributed by atoms with Crippen LogP contribution in [-0.2, 0) is 16.0 Å². The van der Waals surface area contributed by atoms with Gasteiger partial charge in [-0.25, -0.2) is 0 Å². The molecule has 0 unspecified atom stereocenters. The molecule has 0 radical (unpaired) electrons. The molecule has 0 spiro atoms. The van der Waals surface area contributed by atoms with E-state index in [4.69, 9.17) is 0 Å². The molecule has 8 heteroatoms. The van der Waals surface area contributed by atoms with Crippen LogP contribution < -0.4 is 10.6 Å². The highest BCUT2D eigenvalue weighted by Crippen LogP contribution is 2.29. The molecule has 1 saturated heterocycles. The first-order chi connectivity index (χ1) is 16.1. The number of hydrogen-bond acceptors (Lipinski definition) is 5. The van der Waals surface area contributed by atoms with Gasteiger partial charge in [-0.2, -0.15) is 0 Å². The number of carbonyl (C=O) groups excluding carboxylic acids is 2. The van der Waals surface area contributed by atoms with Crippen molar-refractivity contribution in [3.8, 4) is 0 Å². The predicted molar refractivity (Wildman–Crippen MR) is 133 cm³/mol. The molecule has 1 aliphatic rings. The number of aromatic nitrogens is 1. The number of benzene rings is 1. The second-order valence-corrected chi connectivity index (χ2v) is 9.54. The molecule has 1 fully saturated rings. The van der Waals surface area contributed by atoms with Crippen molar-refractivity contribution in [2.45, 2.75) is 32.4 Å². The maximum Gasteiger partial charge on any atom is 0.309 e. The zero-order valence-corrected chi connectivity index (χ0v) is 20.2. The molecule has 1 aromatic carbocycles. The Hall–Kier alpha value is -2.68. The van der Waals surface area contributed by atoms with Crippen molar-refractivity contribution >= 4 is 34.1 Å². The summed E-state index contributed by atoms with van der Waals surface area (Å²) < 4.78 is 0. The number of amides is 2. The fraction of sp³-hybridized carbons (Fsp3) is 0.440. The first-order valence-corrected chi connectivity index (χ1v) is 12.6. The van der Waals surface area contributed by atoms with E-state index in [1.54, 1.807) is 11.3 Å². The number of rotatable bonds is 8. The van der Waals surface area contributed by atoms with Crippen molar-refractivity contribution in [3.05, 3.63) is 58.4 Å². The third-order valence-electron chi connectivity index (χ3n) is 6.48. The smallest absolute Gasteiger partial charge is 0.309 e. The lowest BCUT2D eigenvalue weighted by molar-refractivity contribution is -0.139. The van der Waals surface area contributed by atoms with Gasteiger partial charge in [0.2, 0.25) is 0 Å². The summed E-state index contributed by atoms with van der Waals surface area (Å²) in [5.74, 6) is -1.15. The molecule has 33 heavy (non-hydrogen) atoms. The van der Waals surface area contributed by atoms with Gasteiger partial charge in [0, 0.05) is 60.7 Å². The Kier molecular flexibility index (Phi) is 7.80. The van der Waals surface area contributed by atoms with Gasteiger partial charge in [0.05, 0.1) is 6.04 Å². The first-order valence-electron chi connectivity index (χ1n) is 11.7. The lowest BCUT2D eigenvalue weighted by Gasteiger charge is -2.41. The summed E-state index contributed by atoms with van der Waals surface area (Å²) in [7, 11) is 0. The van der Waals surface area contributed by atoms with Gasteiger partial charge in [0.15, 0.2) is 0 Å². The number of hydrogen-bond donors (Lipinski definition) is 3. The quantitative estimate of drug-likeness (QED) is 0.445. The predicted octanol–water partition coefficient (Wildman–Crippen LogP) is 2.77. The molecule has 7 nitrogen and oxygen atoms in total. The Balaban J connectivity index is 1.32. The number of nitrogens with zero attached hydrogens (tertiary/aromatic N) is 2. The lowest BCUT2D eigenvalue weighted by atomic mass is 10.0.